The van der Waals surface area contributed by atoms with Gasteiger partial charge in [0.1, 0.15) is 5.76 Å². The summed E-state index contributed by atoms with van der Waals surface area (Å²) in [6.07, 6.45) is 11.6. The first-order valence-corrected chi connectivity index (χ1v) is 10.4. The molecule has 0 bridgehead atoms. The van der Waals surface area contributed by atoms with Crippen LogP contribution in [-0.2, 0) is 13.1 Å². The van der Waals surface area contributed by atoms with E-state index in [1.165, 1.54) is 12.8 Å². The number of piperidine rings is 1. The van der Waals surface area contributed by atoms with Crippen molar-refractivity contribution in [1.29, 1.82) is 0 Å². The topological polar surface area (TPSA) is 77.1 Å². The average molecular weight is 391 g/mol. The summed E-state index contributed by atoms with van der Waals surface area (Å²) in [6, 6.07) is 5.34. The van der Waals surface area contributed by atoms with Crippen molar-refractivity contribution in [3.8, 4) is 11.3 Å². The molecule has 1 aliphatic carbocycles. The van der Waals surface area contributed by atoms with Gasteiger partial charge in [0.05, 0.1) is 24.8 Å². The number of pyridine rings is 1. The summed E-state index contributed by atoms with van der Waals surface area (Å²) in [4.78, 5) is 27.8. The normalized spacial score (nSPS) is 18.2. The molecule has 0 radical (unpaired) electrons. The Morgan fingerprint density at radius 2 is 1.86 bits per heavy atom. The van der Waals surface area contributed by atoms with Crippen molar-refractivity contribution in [3.05, 3.63) is 65.1 Å². The Labute approximate surface area is 169 Å². The molecule has 0 unspecified atom stereocenters. The molecule has 0 spiro atoms. The minimum atomic E-state index is 0.00151. The van der Waals surface area contributed by atoms with Crippen LogP contribution in [0, 0.1) is 5.92 Å². The first-order valence-electron chi connectivity index (χ1n) is 10.4. The van der Waals surface area contributed by atoms with Crippen molar-refractivity contribution < 1.29 is 4.42 Å². The largest absolute Gasteiger partial charge is 0.444 e. The summed E-state index contributed by atoms with van der Waals surface area (Å²) >= 11 is 0. The summed E-state index contributed by atoms with van der Waals surface area (Å²) in [5.74, 6) is 2.98. The fourth-order valence-corrected chi connectivity index (χ4v) is 3.99. The Balaban J connectivity index is 1.16. The lowest BCUT2D eigenvalue weighted by molar-refractivity contribution is 0.153. The predicted molar refractivity (Wildman–Crippen MR) is 108 cm³/mol. The van der Waals surface area contributed by atoms with Gasteiger partial charge in [-0.15, -0.1) is 0 Å². The highest BCUT2D eigenvalue weighted by Gasteiger charge is 2.28. The summed E-state index contributed by atoms with van der Waals surface area (Å²) in [6.45, 7) is 3.51. The van der Waals surface area contributed by atoms with Gasteiger partial charge in [-0.1, -0.05) is 0 Å². The average Bonchev–Trinajstić information content (AvgIpc) is 3.51. The van der Waals surface area contributed by atoms with Gasteiger partial charge in [-0.25, -0.2) is 9.97 Å². The maximum atomic E-state index is 12.5. The van der Waals surface area contributed by atoms with E-state index in [0.717, 1.165) is 56.2 Å². The van der Waals surface area contributed by atoms with Crippen LogP contribution in [0.5, 0.6) is 0 Å². The van der Waals surface area contributed by atoms with Gasteiger partial charge in [-0.3, -0.25) is 19.2 Å². The molecule has 1 saturated heterocycles. The second-order valence-electron chi connectivity index (χ2n) is 8.15. The van der Waals surface area contributed by atoms with Crippen molar-refractivity contribution in [2.24, 2.45) is 5.92 Å². The lowest BCUT2D eigenvalue weighted by Gasteiger charge is -2.31. The first kappa shape index (κ1) is 18.2. The Kier molecular flexibility index (Phi) is 4.97. The van der Waals surface area contributed by atoms with E-state index >= 15 is 0 Å². The number of likely N-dealkylation sites (tertiary alicyclic amines) is 1. The summed E-state index contributed by atoms with van der Waals surface area (Å²) in [5, 5.41) is 0. The van der Waals surface area contributed by atoms with Gasteiger partial charge in [0, 0.05) is 36.5 Å². The zero-order valence-electron chi connectivity index (χ0n) is 16.4. The molecule has 4 heterocycles. The Morgan fingerprint density at radius 3 is 2.59 bits per heavy atom. The number of oxazole rings is 1. The first-order chi connectivity index (χ1) is 14.2. The molecular weight excluding hydrogens is 366 g/mol. The third-order valence-corrected chi connectivity index (χ3v) is 5.93. The molecule has 29 heavy (non-hydrogen) atoms. The maximum Gasteiger partial charge on any atom is 0.253 e. The van der Waals surface area contributed by atoms with Crippen molar-refractivity contribution in [2.45, 2.75) is 44.7 Å². The van der Waals surface area contributed by atoms with Crippen LogP contribution in [-0.4, -0.2) is 37.5 Å². The lowest BCUT2D eigenvalue weighted by atomic mass is 9.96. The second-order valence-corrected chi connectivity index (χ2v) is 8.15. The van der Waals surface area contributed by atoms with Crippen LogP contribution in [0.25, 0.3) is 11.3 Å². The van der Waals surface area contributed by atoms with Gasteiger partial charge in [-0.05, 0) is 56.8 Å². The van der Waals surface area contributed by atoms with Crippen LogP contribution < -0.4 is 5.56 Å². The lowest BCUT2D eigenvalue weighted by Crippen LogP contribution is -2.36. The molecule has 150 valence electrons. The quantitative estimate of drug-likeness (QED) is 0.643. The van der Waals surface area contributed by atoms with Crippen LogP contribution >= 0.6 is 0 Å². The Bertz CT molecular complexity index is 1020. The number of hydrogen-bond donors (Lipinski definition) is 0. The predicted octanol–water partition coefficient (Wildman–Crippen LogP) is 3.08. The van der Waals surface area contributed by atoms with E-state index in [4.69, 9.17) is 4.42 Å². The number of hydrogen-bond acceptors (Lipinski definition) is 6. The molecular formula is C22H25N5O2. The van der Waals surface area contributed by atoms with E-state index in [1.54, 1.807) is 29.4 Å². The van der Waals surface area contributed by atoms with Crippen molar-refractivity contribution in [3.63, 3.8) is 0 Å². The molecule has 0 N–H and O–H groups in total. The van der Waals surface area contributed by atoms with E-state index < -0.39 is 0 Å². The Hall–Kier alpha value is -2.80. The van der Waals surface area contributed by atoms with Gasteiger partial charge in [0.25, 0.3) is 5.56 Å². The van der Waals surface area contributed by atoms with Crippen LogP contribution in [0.15, 0.2) is 52.3 Å². The van der Waals surface area contributed by atoms with Gasteiger partial charge >= 0.3 is 0 Å². The molecule has 5 rings (SSSR count). The summed E-state index contributed by atoms with van der Waals surface area (Å²) in [5.41, 5.74) is 1.61. The molecule has 2 fully saturated rings. The third-order valence-electron chi connectivity index (χ3n) is 5.93. The smallest absolute Gasteiger partial charge is 0.253 e. The molecule has 0 amide bonds. The molecule has 1 saturated carbocycles. The van der Waals surface area contributed by atoms with Crippen LogP contribution in [0.1, 0.15) is 43.3 Å². The molecule has 1 aliphatic heterocycles. The molecule has 2 aliphatic rings. The fraction of sp³-hybridized carbons (Fsp3) is 0.455. The highest BCUT2D eigenvalue weighted by atomic mass is 16.4. The summed E-state index contributed by atoms with van der Waals surface area (Å²) in [7, 11) is 0. The van der Waals surface area contributed by atoms with E-state index in [9.17, 15) is 4.79 Å². The molecule has 0 atom stereocenters. The molecule has 7 heteroatoms. The van der Waals surface area contributed by atoms with Crippen LogP contribution in [0.2, 0.25) is 0 Å². The van der Waals surface area contributed by atoms with Gasteiger partial charge in [0.15, 0.2) is 0 Å². The summed E-state index contributed by atoms with van der Waals surface area (Å²) < 4.78 is 7.62. The zero-order valence-corrected chi connectivity index (χ0v) is 16.4. The second kappa shape index (κ2) is 7.91. The van der Waals surface area contributed by atoms with Crippen LogP contribution in [0.4, 0.5) is 0 Å². The van der Waals surface area contributed by atoms with Crippen LogP contribution in [0.3, 0.4) is 0 Å². The zero-order chi connectivity index (χ0) is 19.6. The van der Waals surface area contributed by atoms with E-state index in [0.29, 0.717) is 17.5 Å². The highest BCUT2D eigenvalue weighted by Crippen LogP contribution is 2.40. The third kappa shape index (κ3) is 4.29. The Morgan fingerprint density at radius 1 is 1.07 bits per heavy atom. The SMILES string of the molecule is O=c1cc(-c2ccncc2)ncn1CC1CCN(Cc2ncc(C3CC3)o2)CC1. The van der Waals surface area contributed by atoms with Gasteiger partial charge in [0.2, 0.25) is 5.89 Å². The molecule has 3 aromatic heterocycles. The van der Waals surface area contributed by atoms with Gasteiger partial charge < -0.3 is 4.42 Å². The van der Waals surface area contributed by atoms with E-state index in [2.05, 4.69) is 19.9 Å². The highest BCUT2D eigenvalue weighted by molar-refractivity contribution is 5.57. The minimum Gasteiger partial charge on any atom is -0.444 e. The molecule has 7 nitrogen and oxygen atoms in total. The maximum absolute atomic E-state index is 12.5. The molecule has 3 aromatic rings. The van der Waals surface area contributed by atoms with Gasteiger partial charge in [-0.2, -0.15) is 0 Å². The number of nitrogens with zero attached hydrogens (tertiary/aromatic N) is 5. The van der Waals surface area contributed by atoms with Crippen molar-refractivity contribution in [1.82, 2.24) is 24.4 Å². The fourth-order valence-electron chi connectivity index (χ4n) is 3.99. The van der Waals surface area contributed by atoms with E-state index in [-0.39, 0.29) is 5.56 Å². The minimum absolute atomic E-state index is 0.00151. The number of aromatic nitrogens is 4. The standard InChI is InChI=1S/C22H25N5O2/c28-22-11-19(17-3-7-23-8-4-17)25-15-27(22)13-16-5-9-26(10-6-16)14-21-24-12-20(29-21)18-1-2-18/h3-4,7-8,11-12,15-16,18H,1-2,5-6,9-10,13-14H2. The monoisotopic (exact) mass is 391 g/mol. The van der Waals surface area contributed by atoms with Crippen molar-refractivity contribution in [2.75, 3.05) is 13.1 Å². The van der Waals surface area contributed by atoms with E-state index in [1.807, 2.05) is 18.3 Å². The molecule has 0 aromatic carbocycles. The van der Waals surface area contributed by atoms with Crippen molar-refractivity contribution >= 4 is 0 Å². The number of rotatable bonds is 6.